The summed E-state index contributed by atoms with van der Waals surface area (Å²) in [6, 6.07) is 11.5. The highest BCUT2D eigenvalue weighted by Gasteiger charge is 2.30. The zero-order valence-electron chi connectivity index (χ0n) is 14.1. The van der Waals surface area contributed by atoms with Gasteiger partial charge in [-0.1, -0.05) is 77.8 Å². The Hall–Kier alpha value is -0.820. The predicted octanol–water partition coefficient (Wildman–Crippen LogP) is 5.16. The van der Waals surface area contributed by atoms with E-state index in [2.05, 4.69) is 70.3 Å². The minimum atomic E-state index is 0.188. The SMILES string of the molecule is CCCNC(CCCC(C)C)C(C)(C)c1ccccc1. The lowest BCUT2D eigenvalue weighted by Crippen LogP contribution is -2.45. The molecule has 0 amide bonds. The van der Waals surface area contributed by atoms with Gasteiger partial charge in [-0.3, -0.25) is 0 Å². The Labute approximate surface area is 126 Å². The van der Waals surface area contributed by atoms with Gasteiger partial charge in [0.2, 0.25) is 0 Å². The van der Waals surface area contributed by atoms with Crippen LogP contribution in [0.4, 0.5) is 0 Å². The third-order valence-corrected chi connectivity index (χ3v) is 4.30. The Morgan fingerprint density at radius 3 is 2.25 bits per heavy atom. The van der Waals surface area contributed by atoms with Crippen LogP contribution in [0.25, 0.3) is 0 Å². The quantitative estimate of drug-likeness (QED) is 0.656. The molecule has 0 spiro atoms. The van der Waals surface area contributed by atoms with Crippen molar-refractivity contribution in [2.45, 2.75) is 71.8 Å². The molecule has 0 aliphatic heterocycles. The van der Waals surface area contributed by atoms with Gasteiger partial charge in [-0.25, -0.2) is 0 Å². The number of rotatable bonds is 9. The van der Waals surface area contributed by atoms with Crippen molar-refractivity contribution in [1.82, 2.24) is 5.32 Å². The van der Waals surface area contributed by atoms with Gasteiger partial charge in [0, 0.05) is 11.5 Å². The Bertz CT molecular complexity index is 353. The van der Waals surface area contributed by atoms with Crippen LogP contribution in [0.5, 0.6) is 0 Å². The van der Waals surface area contributed by atoms with Crippen molar-refractivity contribution >= 4 is 0 Å². The minimum Gasteiger partial charge on any atom is -0.313 e. The van der Waals surface area contributed by atoms with Crippen molar-refractivity contribution < 1.29 is 0 Å². The average Bonchev–Trinajstić information content (AvgIpc) is 2.43. The minimum absolute atomic E-state index is 0.188. The van der Waals surface area contributed by atoms with Gasteiger partial charge in [-0.2, -0.15) is 0 Å². The van der Waals surface area contributed by atoms with E-state index in [0.29, 0.717) is 6.04 Å². The van der Waals surface area contributed by atoms with Crippen molar-refractivity contribution in [3.8, 4) is 0 Å². The van der Waals surface area contributed by atoms with Crippen molar-refractivity contribution in [3.05, 3.63) is 35.9 Å². The highest BCUT2D eigenvalue weighted by atomic mass is 14.9. The molecule has 1 rings (SSSR count). The highest BCUT2D eigenvalue weighted by molar-refractivity contribution is 5.25. The van der Waals surface area contributed by atoms with Crippen LogP contribution in [0.15, 0.2) is 30.3 Å². The molecule has 1 atom stereocenters. The maximum Gasteiger partial charge on any atom is 0.0159 e. The normalized spacial score (nSPS) is 13.7. The van der Waals surface area contributed by atoms with Crippen LogP contribution in [0.3, 0.4) is 0 Å². The average molecular weight is 275 g/mol. The van der Waals surface area contributed by atoms with Crippen LogP contribution in [0.2, 0.25) is 0 Å². The molecule has 0 radical (unpaired) electrons. The van der Waals surface area contributed by atoms with Crippen LogP contribution in [0.1, 0.15) is 65.9 Å². The molecule has 1 N–H and O–H groups in total. The van der Waals surface area contributed by atoms with E-state index >= 15 is 0 Å². The van der Waals surface area contributed by atoms with Crippen molar-refractivity contribution in [2.75, 3.05) is 6.54 Å². The molecule has 0 heterocycles. The third kappa shape index (κ3) is 5.28. The fraction of sp³-hybridized carbons (Fsp3) is 0.684. The molecule has 0 aliphatic rings. The van der Waals surface area contributed by atoms with E-state index in [9.17, 15) is 0 Å². The molecule has 1 aromatic carbocycles. The lowest BCUT2D eigenvalue weighted by molar-refractivity contribution is 0.309. The van der Waals surface area contributed by atoms with Crippen LogP contribution >= 0.6 is 0 Å². The zero-order chi connectivity index (χ0) is 15.0. The van der Waals surface area contributed by atoms with E-state index in [1.165, 1.54) is 31.2 Å². The van der Waals surface area contributed by atoms with E-state index in [4.69, 9.17) is 0 Å². The van der Waals surface area contributed by atoms with Gasteiger partial charge >= 0.3 is 0 Å². The molecule has 1 unspecified atom stereocenters. The van der Waals surface area contributed by atoms with Gasteiger partial charge in [0.1, 0.15) is 0 Å². The summed E-state index contributed by atoms with van der Waals surface area (Å²) in [6.45, 7) is 12.8. The van der Waals surface area contributed by atoms with E-state index in [0.717, 1.165) is 12.5 Å². The maximum absolute atomic E-state index is 3.78. The second-order valence-electron chi connectivity index (χ2n) is 6.92. The van der Waals surface area contributed by atoms with E-state index < -0.39 is 0 Å². The number of nitrogens with one attached hydrogen (secondary N) is 1. The molecule has 0 saturated heterocycles. The Morgan fingerprint density at radius 1 is 1.05 bits per heavy atom. The summed E-state index contributed by atoms with van der Waals surface area (Å²) in [5.74, 6) is 0.807. The molecule has 0 fully saturated rings. The second-order valence-corrected chi connectivity index (χ2v) is 6.92. The lowest BCUT2D eigenvalue weighted by Gasteiger charge is -2.36. The molecule has 1 nitrogen and oxygen atoms in total. The van der Waals surface area contributed by atoms with Gasteiger partial charge in [-0.05, 0) is 30.9 Å². The van der Waals surface area contributed by atoms with Crippen LogP contribution in [-0.2, 0) is 5.41 Å². The first-order valence-electron chi connectivity index (χ1n) is 8.27. The lowest BCUT2D eigenvalue weighted by atomic mass is 9.75. The first-order chi connectivity index (χ1) is 9.48. The summed E-state index contributed by atoms with van der Waals surface area (Å²) >= 11 is 0. The molecular formula is C19H33N. The third-order valence-electron chi connectivity index (χ3n) is 4.30. The molecule has 20 heavy (non-hydrogen) atoms. The first kappa shape index (κ1) is 17.2. The van der Waals surface area contributed by atoms with Gasteiger partial charge < -0.3 is 5.32 Å². The number of hydrogen-bond acceptors (Lipinski definition) is 1. The molecule has 0 aromatic heterocycles. The predicted molar refractivity (Wildman–Crippen MR) is 90.2 cm³/mol. The molecule has 0 aliphatic carbocycles. The summed E-state index contributed by atoms with van der Waals surface area (Å²) in [5.41, 5.74) is 1.63. The van der Waals surface area contributed by atoms with Crippen molar-refractivity contribution in [1.29, 1.82) is 0 Å². The first-order valence-corrected chi connectivity index (χ1v) is 8.27. The summed E-state index contributed by atoms with van der Waals surface area (Å²) < 4.78 is 0. The van der Waals surface area contributed by atoms with Gasteiger partial charge in [0.25, 0.3) is 0 Å². The monoisotopic (exact) mass is 275 g/mol. The molecule has 114 valence electrons. The molecule has 0 bridgehead atoms. The Kier molecular flexibility index (Phi) is 7.29. The van der Waals surface area contributed by atoms with Crippen LogP contribution in [0, 0.1) is 5.92 Å². The topological polar surface area (TPSA) is 12.0 Å². The number of hydrogen-bond donors (Lipinski definition) is 1. The highest BCUT2D eigenvalue weighted by Crippen LogP contribution is 2.30. The van der Waals surface area contributed by atoms with E-state index in [1.54, 1.807) is 0 Å². The van der Waals surface area contributed by atoms with Gasteiger partial charge in [-0.15, -0.1) is 0 Å². The summed E-state index contributed by atoms with van der Waals surface area (Å²) in [7, 11) is 0. The van der Waals surface area contributed by atoms with Crippen molar-refractivity contribution in [3.63, 3.8) is 0 Å². The van der Waals surface area contributed by atoms with Crippen LogP contribution in [-0.4, -0.2) is 12.6 Å². The standard InChI is InChI=1S/C19H33N/c1-6-15-20-18(14-10-11-16(2)3)19(4,5)17-12-8-7-9-13-17/h7-9,12-13,16,18,20H,6,10-11,14-15H2,1-5H3. The summed E-state index contributed by atoms with van der Waals surface area (Å²) in [5, 5.41) is 3.78. The Balaban J connectivity index is 2.74. The maximum atomic E-state index is 3.78. The molecule has 1 heteroatoms. The van der Waals surface area contributed by atoms with Crippen molar-refractivity contribution in [2.24, 2.45) is 5.92 Å². The second kappa shape index (κ2) is 8.46. The Morgan fingerprint density at radius 2 is 1.70 bits per heavy atom. The smallest absolute Gasteiger partial charge is 0.0159 e. The largest absolute Gasteiger partial charge is 0.313 e. The van der Waals surface area contributed by atoms with E-state index in [-0.39, 0.29) is 5.41 Å². The zero-order valence-corrected chi connectivity index (χ0v) is 14.1. The van der Waals surface area contributed by atoms with E-state index in [1.807, 2.05) is 0 Å². The summed E-state index contributed by atoms with van der Waals surface area (Å²) in [6.07, 6.45) is 5.11. The fourth-order valence-corrected chi connectivity index (χ4v) is 2.84. The molecule has 1 aromatic rings. The number of benzene rings is 1. The van der Waals surface area contributed by atoms with Crippen LogP contribution < -0.4 is 5.32 Å². The fourth-order valence-electron chi connectivity index (χ4n) is 2.84. The molecular weight excluding hydrogens is 242 g/mol. The summed E-state index contributed by atoms with van der Waals surface area (Å²) in [4.78, 5) is 0. The van der Waals surface area contributed by atoms with Gasteiger partial charge in [0.05, 0.1) is 0 Å². The van der Waals surface area contributed by atoms with Gasteiger partial charge in [0.15, 0.2) is 0 Å². The molecule has 0 saturated carbocycles.